The molecule has 6 nitrogen and oxygen atoms in total. The molecule has 1 rings (SSSR count). The molecule has 0 unspecified atom stereocenters. The zero-order valence-electron chi connectivity index (χ0n) is 8.86. The van der Waals surface area contributed by atoms with Gasteiger partial charge in [0.05, 0.1) is 7.11 Å². The van der Waals surface area contributed by atoms with Gasteiger partial charge in [-0.1, -0.05) is 12.1 Å². The summed E-state index contributed by atoms with van der Waals surface area (Å²) < 4.78 is 14.5. The van der Waals surface area contributed by atoms with Gasteiger partial charge in [-0.05, 0) is 6.42 Å². The maximum absolute atomic E-state index is 10.9. The van der Waals surface area contributed by atoms with E-state index in [2.05, 4.69) is 14.9 Å². The number of nitrogens with zero attached hydrogens (tertiary/aromatic N) is 2. The molecule has 0 spiro atoms. The highest BCUT2D eigenvalue weighted by molar-refractivity contribution is 5.70. The predicted octanol–water partition coefficient (Wildman–Crippen LogP) is 0.712. The zero-order valence-corrected chi connectivity index (χ0v) is 8.86. The van der Waals surface area contributed by atoms with Crippen molar-refractivity contribution in [3.05, 3.63) is 11.7 Å². The van der Waals surface area contributed by atoms with Gasteiger partial charge in [-0.15, -0.1) is 0 Å². The Morgan fingerprint density at radius 1 is 1.53 bits per heavy atom. The molecule has 84 valence electrons. The van der Waals surface area contributed by atoms with Gasteiger partial charge in [0.2, 0.25) is 5.89 Å². The number of rotatable bonds is 6. The number of esters is 1. The van der Waals surface area contributed by atoms with Gasteiger partial charge in [0, 0.05) is 6.61 Å². The number of carbonyl (C=O) groups is 1. The molecule has 0 saturated heterocycles. The van der Waals surface area contributed by atoms with Crippen molar-refractivity contribution in [1.82, 2.24) is 10.1 Å². The third-order valence-electron chi connectivity index (χ3n) is 1.61. The molecule has 0 bridgehead atoms. The summed E-state index contributed by atoms with van der Waals surface area (Å²) in [7, 11) is 1.31. The summed E-state index contributed by atoms with van der Waals surface area (Å²) in [5, 5.41) is 3.66. The van der Waals surface area contributed by atoms with E-state index < -0.39 is 5.97 Å². The molecule has 1 heterocycles. The monoisotopic (exact) mass is 214 g/mol. The smallest absolute Gasteiger partial charge is 0.315 e. The van der Waals surface area contributed by atoms with E-state index in [0.717, 1.165) is 6.42 Å². The number of carbonyl (C=O) groups excluding carboxylic acids is 1. The van der Waals surface area contributed by atoms with E-state index in [1.165, 1.54) is 7.11 Å². The summed E-state index contributed by atoms with van der Waals surface area (Å²) in [6.45, 7) is 2.97. The van der Waals surface area contributed by atoms with Crippen LogP contribution in [0.5, 0.6) is 0 Å². The van der Waals surface area contributed by atoms with E-state index in [1.54, 1.807) is 0 Å². The number of aromatic nitrogens is 2. The minimum absolute atomic E-state index is 0.00270. The average Bonchev–Trinajstić information content (AvgIpc) is 2.66. The Bertz CT molecular complexity index is 311. The molecule has 0 saturated carbocycles. The van der Waals surface area contributed by atoms with Crippen LogP contribution >= 0.6 is 0 Å². The standard InChI is InChI=1S/C9H14N2O4/c1-3-4-14-6-7-10-8(15-11-7)5-9(12)13-2/h3-6H2,1-2H3. The molecule has 1 aromatic rings. The molecule has 0 aliphatic rings. The van der Waals surface area contributed by atoms with Gasteiger partial charge in [0.25, 0.3) is 0 Å². The number of hydrogen-bond acceptors (Lipinski definition) is 6. The minimum atomic E-state index is -0.403. The molecular weight excluding hydrogens is 200 g/mol. The number of ether oxygens (including phenoxy) is 2. The highest BCUT2D eigenvalue weighted by atomic mass is 16.5. The lowest BCUT2D eigenvalue weighted by Crippen LogP contribution is -2.04. The predicted molar refractivity (Wildman–Crippen MR) is 50.0 cm³/mol. The van der Waals surface area contributed by atoms with Gasteiger partial charge in [-0.3, -0.25) is 4.79 Å². The van der Waals surface area contributed by atoms with Gasteiger partial charge >= 0.3 is 5.97 Å². The van der Waals surface area contributed by atoms with Crippen molar-refractivity contribution in [1.29, 1.82) is 0 Å². The molecule has 0 fully saturated rings. The van der Waals surface area contributed by atoms with Gasteiger partial charge in [0.15, 0.2) is 5.82 Å². The number of methoxy groups -OCH3 is 1. The molecule has 6 heteroatoms. The van der Waals surface area contributed by atoms with E-state index in [0.29, 0.717) is 19.0 Å². The van der Waals surface area contributed by atoms with Gasteiger partial charge in [-0.2, -0.15) is 4.98 Å². The van der Waals surface area contributed by atoms with Crippen LogP contribution in [0.3, 0.4) is 0 Å². The fourth-order valence-corrected chi connectivity index (χ4v) is 0.924. The largest absolute Gasteiger partial charge is 0.469 e. The van der Waals surface area contributed by atoms with Crippen LogP contribution in [0.25, 0.3) is 0 Å². The Balaban J connectivity index is 2.38. The van der Waals surface area contributed by atoms with E-state index in [9.17, 15) is 4.79 Å². The zero-order chi connectivity index (χ0) is 11.1. The van der Waals surface area contributed by atoms with E-state index in [-0.39, 0.29) is 12.3 Å². The van der Waals surface area contributed by atoms with Gasteiger partial charge < -0.3 is 14.0 Å². The molecule has 0 amide bonds. The first kappa shape index (κ1) is 11.6. The van der Waals surface area contributed by atoms with Crippen LogP contribution in [0.1, 0.15) is 25.1 Å². The van der Waals surface area contributed by atoms with Crippen LogP contribution in [0.2, 0.25) is 0 Å². The minimum Gasteiger partial charge on any atom is -0.469 e. The third kappa shape index (κ3) is 4.07. The second-order valence-electron chi connectivity index (χ2n) is 2.91. The van der Waals surface area contributed by atoms with Crippen molar-refractivity contribution in [3.8, 4) is 0 Å². The Morgan fingerprint density at radius 3 is 3.00 bits per heavy atom. The molecule has 0 atom stereocenters. The molecule has 0 aromatic carbocycles. The maximum Gasteiger partial charge on any atom is 0.315 e. The first-order valence-electron chi connectivity index (χ1n) is 4.72. The normalized spacial score (nSPS) is 10.3. The van der Waals surface area contributed by atoms with Gasteiger partial charge in [-0.25, -0.2) is 0 Å². The Labute approximate surface area is 87.6 Å². The Morgan fingerprint density at radius 2 is 2.33 bits per heavy atom. The second kappa shape index (κ2) is 6.13. The van der Waals surface area contributed by atoms with Crippen LogP contribution < -0.4 is 0 Å². The van der Waals surface area contributed by atoms with Crippen molar-refractivity contribution in [2.24, 2.45) is 0 Å². The maximum atomic E-state index is 10.9. The lowest BCUT2D eigenvalue weighted by atomic mass is 10.4. The molecule has 0 N–H and O–H groups in total. The lowest BCUT2D eigenvalue weighted by molar-refractivity contribution is -0.140. The van der Waals surface area contributed by atoms with Crippen LogP contribution in [0, 0.1) is 0 Å². The van der Waals surface area contributed by atoms with Crippen molar-refractivity contribution in [3.63, 3.8) is 0 Å². The van der Waals surface area contributed by atoms with Crippen molar-refractivity contribution in [2.75, 3.05) is 13.7 Å². The quantitative estimate of drug-likeness (QED) is 0.513. The highest BCUT2D eigenvalue weighted by Crippen LogP contribution is 2.01. The molecule has 0 radical (unpaired) electrons. The first-order chi connectivity index (χ1) is 7.26. The third-order valence-corrected chi connectivity index (χ3v) is 1.61. The van der Waals surface area contributed by atoms with E-state index in [4.69, 9.17) is 9.26 Å². The van der Waals surface area contributed by atoms with Crippen molar-refractivity contribution in [2.45, 2.75) is 26.4 Å². The summed E-state index contributed by atoms with van der Waals surface area (Å²) in [5.41, 5.74) is 0. The summed E-state index contributed by atoms with van der Waals surface area (Å²) in [6.07, 6.45) is 0.935. The second-order valence-corrected chi connectivity index (χ2v) is 2.91. The average molecular weight is 214 g/mol. The summed E-state index contributed by atoms with van der Waals surface area (Å²) in [5.74, 6) is 0.291. The van der Waals surface area contributed by atoms with Crippen LogP contribution in [0.15, 0.2) is 4.52 Å². The summed E-state index contributed by atoms with van der Waals surface area (Å²) in [6, 6.07) is 0. The van der Waals surface area contributed by atoms with Crippen LogP contribution in [-0.4, -0.2) is 29.8 Å². The molecule has 15 heavy (non-hydrogen) atoms. The molecule has 0 aliphatic heterocycles. The fourth-order valence-electron chi connectivity index (χ4n) is 0.924. The Hall–Kier alpha value is -1.43. The fraction of sp³-hybridized carbons (Fsp3) is 0.667. The Kier molecular flexibility index (Phi) is 4.76. The van der Waals surface area contributed by atoms with Crippen LogP contribution in [0.4, 0.5) is 0 Å². The first-order valence-corrected chi connectivity index (χ1v) is 4.72. The summed E-state index contributed by atoms with van der Waals surface area (Å²) >= 11 is 0. The molecular formula is C9H14N2O4. The van der Waals surface area contributed by atoms with Crippen LogP contribution in [-0.2, 0) is 27.3 Å². The topological polar surface area (TPSA) is 74.5 Å². The van der Waals surface area contributed by atoms with E-state index in [1.807, 2.05) is 6.92 Å². The van der Waals surface area contributed by atoms with Crippen molar-refractivity contribution >= 4 is 5.97 Å². The molecule has 1 aromatic heterocycles. The molecule has 0 aliphatic carbocycles. The van der Waals surface area contributed by atoms with Crippen molar-refractivity contribution < 1.29 is 18.8 Å². The lowest BCUT2D eigenvalue weighted by Gasteiger charge is -1.95. The number of hydrogen-bond donors (Lipinski definition) is 0. The highest BCUT2D eigenvalue weighted by Gasteiger charge is 2.10. The SMILES string of the molecule is CCCOCc1noc(CC(=O)OC)n1. The van der Waals surface area contributed by atoms with Gasteiger partial charge in [0.1, 0.15) is 13.0 Å². The summed E-state index contributed by atoms with van der Waals surface area (Å²) in [4.78, 5) is 14.8. The van der Waals surface area contributed by atoms with E-state index >= 15 is 0 Å².